The summed E-state index contributed by atoms with van der Waals surface area (Å²) in [5, 5.41) is 17.0. The Morgan fingerprint density at radius 3 is 2.82 bits per heavy atom. The van der Waals surface area contributed by atoms with E-state index in [2.05, 4.69) is 36.1 Å². The third-order valence-corrected chi connectivity index (χ3v) is 2.98. The zero-order chi connectivity index (χ0) is 15.5. The van der Waals surface area contributed by atoms with Crippen LogP contribution in [-0.2, 0) is 0 Å². The first-order chi connectivity index (χ1) is 10.7. The van der Waals surface area contributed by atoms with Crippen molar-refractivity contribution in [1.82, 2.24) is 30.2 Å². The van der Waals surface area contributed by atoms with Crippen molar-refractivity contribution in [3.63, 3.8) is 0 Å². The summed E-state index contributed by atoms with van der Waals surface area (Å²) in [4.78, 5) is 8.25. The summed E-state index contributed by atoms with van der Waals surface area (Å²) in [5.74, 6) is 1.10. The minimum absolute atomic E-state index is 0.237. The maximum Gasteiger partial charge on any atom is 0.229 e. The molecule has 0 bridgehead atoms. The number of anilines is 3. The highest BCUT2D eigenvalue weighted by molar-refractivity contribution is 5.59. The van der Waals surface area contributed by atoms with E-state index < -0.39 is 5.82 Å². The molecule has 0 saturated heterocycles. The van der Waals surface area contributed by atoms with Crippen molar-refractivity contribution in [3.05, 3.63) is 42.1 Å². The Balaban J connectivity index is 1.95. The number of nitrogens with one attached hydrogen (secondary N) is 2. The second kappa shape index (κ2) is 5.72. The average molecular weight is 300 g/mol. The predicted octanol–water partition coefficient (Wildman–Crippen LogP) is 1.69. The van der Waals surface area contributed by atoms with E-state index in [0.717, 1.165) is 0 Å². The first kappa shape index (κ1) is 13.9. The minimum atomic E-state index is -0.423. The summed E-state index contributed by atoms with van der Waals surface area (Å²) in [6, 6.07) is 6.23. The maximum atomic E-state index is 14.0. The fourth-order valence-corrected chi connectivity index (χ4v) is 1.89. The minimum Gasteiger partial charge on any atom is -0.373 e. The highest BCUT2D eigenvalue weighted by Gasteiger charge is 2.09. The number of halogens is 1. The smallest absolute Gasteiger partial charge is 0.229 e. The highest BCUT2D eigenvalue weighted by Crippen LogP contribution is 2.22. The fraction of sp³-hybridized carbons (Fsp3) is 0.154. The van der Waals surface area contributed by atoms with Gasteiger partial charge in [0.15, 0.2) is 5.82 Å². The molecule has 112 valence electrons. The second-order valence-electron chi connectivity index (χ2n) is 4.44. The molecular formula is C13H13FN8. The first-order valence-electron chi connectivity index (χ1n) is 6.50. The van der Waals surface area contributed by atoms with Crippen LogP contribution in [-0.4, -0.2) is 37.2 Å². The van der Waals surface area contributed by atoms with E-state index in [4.69, 9.17) is 0 Å². The lowest BCUT2D eigenvalue weighted by Gasteiger charge is -2.09. The van der Waals surface area contributed by atoms with E-state index in [-0.39, 0.29) is 11.6 Å². The van der Waals surface area contributed by atoms with Crippen molar-refractivity contribution >= 4 is 17.5 Å². The molecule has 3 rings (SSSR count). The molecule has 0 spiro atoms. The van der Waals surface area contributed by atoms with Gasteiger partial charge in [-0.3, -0.25) is 0 Å². The van der Waals surface area contributed by atoms with Gasteiger partial charge in [0.05, 0.1) is 11.4 Å². The fourth-order valence-electron chi connectivity index (χ4n) is 1.89. The van der Waals surface area contributed by atoms with Gasteiger partial charge in [-0.25, -0.2) is 9.37 Å². The zero-order valence-corrected chi connectivity index (χ0v) is 11.9. The summed E-state index contributed by atoms with van der Waals surface area (Å²) < 4.78 is 15.5. The molecule has 0 unspecified atom stereocenters. The van der Waals surface area contributed by atoms with Crippen LogP contribution in [0.15, 0.2) is 30.5 Å². The Morgan fingerprint density at radius 1 is 1.23 bits per heavy atom. The van der Waals surface area contributed by atoms with Crippen LogP contribution in [0.5, 0.6) is 0 Å². The van der Waals surface area contributed by atoms with Crippen LogP contribution >= 0.6 is 0 Å². The Labute approximate surface area is 125 Å². The third kappa shape index (κ3) is 2.68. The molecule has 0 amide bonds. The van der Waals surface area contributed by atoms with Crippen molar-refractivity contribution in [1.29, 1.82) is 0 Å². The lowest BCUT2D eigenvalue weighted by molar-refractivity contribution is 0.630. The van der Waals surface area contributed by atoms with Gasteiger partial charge in [0.1, 0.15) is 11.6 Å². The number of nitrogens with zero attached hydrogens (tertiary/aromatic N) is 6. The SMILES string of the molecule is CNc1ccnc(Nc2cc(-n3nnnc3C)ccc2F)n1. The standard InChI is InChI=1S/C13H13FN8/c1-8-19-20-21-22(8)9-3-4-10(14)11(7-9)17-13-16-6-5-12(15-2)18-13/h3-7H,1-2H3,(H2,15,16,17,18). The molecule has 0 aliphatic carbocycles. The highest BCUT2D eigenvalue weighted by atomic mass is 19.1. The van der Waals surface area contributed by atoms with E-state index in [0.29, 0.717) is 17.3 Å². The van der Waals surface area contributed by atoms with Gasteiger partial charge in [0.2, 0.25) is 5.95 Å². The van der Waals surface area contributed by atoms with Crippen molar-refractivity contribution in [2.24, 2.45) is 0 Å². The summed E-state index contributed by atoms with van der Waals surface area (Å²) >= 11 is 0. The number of tetrazole rings is 1. The molecule has 2 N–H and O–H groups in total. The molecule has 2 aromatic heterocycles. The third-order valence-electron chi connectivity index (χ3n) is 2.98. The number of hydrogen-bond acceptors (Lipinski definition) is 7. The molecule has 9 heteroatoms. The average Bonchev–Trinajstić information content (AvgIpc) is 2.96. The molecule has 1 aromatic carbocycles. The van der Waals surface area contributed by atoms with Gasteiger partial charge < -0.3 is 10.6 Å². The molecule has 3 aromatic rings. The molecule has 8 nitrogen and oxygen atoms in total. The van der Waals surface area contributed by atoms with Gasteiger partial charge in [-0.05, 0) is 41.6 Å². The number of hydrogen-bond donors (Lipinski definition) is 2. The van der Waals surface area contributed by atoms with Crippen molar-refractivity contribution < 1.29 is 4.39 Å². The van der Waals surface area contributed by atoms with Gasteiger partial charge in [-0.15, -0.1) is 5.10 Å². The number of rotatable bonds is 4. The molecule has 0 radical (unpaired) electrons. The van der Waals surface area contributed by atoms with Crippen molar-refractivity contribution in [2.45, 2.75) is 6.92 Å². The topological polar surface area (TPSA) is 93.4 Å². The molecule has 2 heterocycles. The quantitative estimate of drug-likeness (QED) is 0.757. The van der Waals surface area contributed by atoms with Crippen LogP contribution in [0.3, 0.4) is 0 Å². The summed E-state index contributed by atoms with van der Waals surface area (Å²) in [7, 11) is 1.74. The summed E-state index contributed by atoms with van der Waals surface area (Å²) in [6.45, 7) is 1.76. The summed E-state index contributed by atoms with van der Waals surface area (Å²) in [5.41, 5.74) is 0.872. The Morgan fingerprint density at radius 2 is 2.09 bits per heavy atom. The molecule has 0 atom stereocenters. The number of benzene rings is 1. The van der Waals surface area contributed by atoms with E-state index >= 15 is 0 Å². The van der Waals surface area contributed by atoms with E-state index in [1.54, 1.807) is 38.4 Å². The molecule has 0 aliphatic heterocycles. The van der Waals surface area contributed by atoms with Gasteiger partial charge in [-0.2, -0.15) is 9.67 Å². The number of aromatic nitrogens is 6. The van der Waals surface area contributed by atoms with Gasteiger partial charge in [0.25, 0.3) is 0 Å². The molecule has 0 saturated carbocycles. The van der Waals surface area contributed by atoms with Gasteiger partial charge in [-0.1, -0.05) is 0 Å². The monoisotopic (exact) mass is 300 g/mol. The molecule has 0 fully saturated rings. The lowest BCUT2D eigenvalue weighted by atomic mass is 10.2. The Kier molecular flexibility index (Phi) is 3.60. The van der Waals surface area contributed by atoms with Crippen LogP contribution in [0.25, 0.3) is 5.69 Å². The number of aryl methyl sites for hydroxylation is 1. The normalized spacial score (nSPS) is 10.5. The maximum absolute atomic E-state index is 14.0. The van der Waals surface area contributed by atoms with Crippen LogP contribution in [0.2, 0.25) is 0 Å². The lowest BCUT2D eigenvalue weighted by Crippen LogP contribution is -2.04. The van der Waals surface area contributed by atoms with E-state index in [9.17, 15) is 4.39 Å². The van der Waals surface area contributed by atoms with Crippen LogP contribution in [0.4, 0.5) is 21.8 Å². The Bertz CT molecular complexity index is 800. The summed E-state index contributed by atoms with van der Waals surface area (Å²) in [6.07, 6.45) is 1.58. The van der Waals surface area contributed by atoms with E-state index in [1.807, 2.05) is 0 Å². The first-order valence-corrected chi connectivity index (χ1v) is 6.50. The van der Waals surface area contributed by atoms with Gasteiger partial charge >= 0.3 is 0 Å². The van der Waals surface area contributed by atoms with Crippen molar-refractivity contribution in [3.8, 4) is 5.69 Å². The Hall–Kier alpha value is -3.10. The van der Waals surface area contributed by atoms with Crippen LogP contribution < -0.4 is 10.6 Å². The molecule has 22 heavy (non-hydrogen) atoms. The zero-order valence-electron chi connectivity index (χ0n) is 11.9. The second-order valence-corrected chi connectivity index (χ2v) is 4.44. The predicted molar refractivity (Wildman–Crippen MR) is 78.7 cm³/mol. The largest absolute Gasteiger partial charge is 0.373 e. The molecular weight excluding hydrogens is 287 g/mol. The van der Waals surface area contributed by atoms with Crippen LogP contribution in [0, 0.1) is 12.7 Å². The van der Waals surface area contributed by atoms with Crippen LogP contribution in [0.1, 0.15) is 5.82 Å². The van der Waals surface area contributed by atoms with E-state index in [1.165, 1.54) is 10.7 Å². The molecule has 0 aliphatic rings. The van der Waals surface area contributed by atoms with Gasteiger partial charge in [0, 0.05) is 13.2 Å². The van der Waals surface area contributed by atoms with Crippen molar-refractivity contribution in [2.75, 3.05) is 17.7 Å².